The fourth-order valence-corrected chi connectivity index (χ4v) is 4.71. The van der Waals surface area contributed by atoms with E-state index < -0.39 is 30.8 Å². The number of carbonyl (C=O) groups excluding carboxylic acids is 1. The van der Waals surface area contributed by atoms with E-state index in [0.717, 1.165) is 11.8 Å². The first-order valence-corrected chi connectivity index (χ1v) is 15.4. The van der Waals surface area contributed by atoms with Gasteiger partial charge in [0, 0.05) is 24.0 Å². The van der Waals surface area contributed by atoms with Crippen LogP contribution in [0.3, 0.4) is 0 Å². The average molecular weight is 644 g/mol. The molecule has 0 saturated carbocycles. The minimum Gasteiger partial charge on any atom is -0.495 e. The van der Waals surface area contributed by atoms with Gasteiger partial charge < -0.3 is 54.3 Å². The largest absolute Gasteiger partial charge is 0.495 e. The van der Waals surface area contributed by atoms with Gasteiger partial charge in [-0.1, -0.05) is 12.1 Å². The second-order valence-corrected chi connectivity index (χ2v) is 12.2. The van der Waals surface area contributed by atoms with E-state index in [9.17, 15) is 21.6 Å². The monoisotopic (exact) mass is 643 g/mol. The molecule has 0 radical (unpaired) electrons. The van der Waals surface area contributed by atoms with Gasteiger partial charge in [-0.2, -0.15) is 8.42 Å². The maximum atomic E-state index is 11.4. The van der Waals surface area contributed by atoms with Crippen LogP contribution in [-0.2, 0) is 24.7 Å². The van der Waals surface area contributed by atoms with E-state index in [4.69, 9.17) is 48.8 Å². The number of rotatable bonds is 9. The topological polar surface area (TPSA) is 312 Å². The summed E-state index contributed by atoms with van der Waals surface area (Å²) in [5.41, 5.74) is 34.2. The molecule has 0 heterocycles. The van der Waals surface area contributed by atoms with Crippen molar-refractivity contribution in [2.75, 3.05) is 78.6 Å². The third kappa shape index (κ3) is 11.3. The number of anilines is 7. The van der Waals surface area contributed by atoms with Crippen molar-refractivity contribution in [1.82, 2.24) is 0 Å². The quantitative estimate of drug-likeness (QED) is 0.0866. The van der Waals surface area contributed by atoms with Crippen LogP contribution in [0, 0.1) is 0 Å². The summed E-state index contributed by atoms with van der Waals surface area (Å²) in [6.45, 7) is -0.0760. The first-order chi connectivity index (χ1) is 20.0. The lowest BCUT2D eigenvalue weighted by atomic mass is 10.2. The van der Waals surface area contributed by atoms with Crippen LogP contribution < -0.4 is 44.5 Å². The molecule has 0 unspecified atom stereocenters. The maximum Gasteiger partial charge on any atom is 0.339 e. The van der Waals surface area contributed by atoms with Gasteiger partial charge in [0.2, 0.25) is 0 Å². The molecule has 0 atom stereocenters. The number of benzene rings is 3. The van der Waals surface area contributed by atoms with Crippen molar-refractivity contribution < 1.29 is 40.8 Å². The molecule has 0 spiro atoms. The van der Waals surface area contributed by atoms with Gasteiger partial charge in [0.25, 0.3) is 10.1 Å². The van der Waals surface area contributed by atoms with E-state index in [1.165, 1.54) is 14.2 Å². The van der Waals surface area contributed by atoms with Crippen LogP contribution in [0.5, 0.6) is 5.75 Å². The lowest BCUT2D eigenvalue weighted by Gasteiger charge is -2.10. The Morgan fingerprint density at radius 3 is 1.98 bits per heavy atom. The number of nitrogens with one attached hydrogen (secondary N) is 1. The van der Waals surface area contributed by atoms with Crippen molar-refractivity contribution in [2.24, 2.45) is 0 Å². The molecule has 16 nitrogen and oxygen atoms in total. The number of hydrogen-bond acceptors (Lipinski definition) is 15. The van der Waals surface area contributed by atoms with Gasteiger partial charge in [0.05, 0.1) is 66.3 Å². The molecule has 0 bridgehead atoms. The van der Waals surface area contributed by atoms with Crippen molar-refractivity contribution in [2.45, 2.75) is 4.90 Å². The van der Waals surface area contributed by atoms with Crippen molar-refractivity contribution >= 4 is 65.7 Å². The standard InChI is InChI=1S/C11H18N2O4S.C8H9NO2.C6H10N4O3S/c1-17-11-8-9(2-3-10(11)12)13-4-6-18(15,16)7-5-14;1-11-8(10)6-4-2-3-5-7(6)9;7-2-1-3(14(11,12)13)5(9)6(10)4(2)8/h2-3,8,13-14H,4-7,12H2,1H3;2-5H,9H2,1H3;1H,7-10H2,(H,11,12,13). The number of methoxy groups -OCH3 is 2. The van der Waals surface area contributed by atoms with Crippen LogP contribution in [0.4, 0.5) is 39.8 Å². The molecule has 0 amide bonds. The highest BCUT2D eigenvalue weighted by atomic mass is 32.2. The van der Waals surface area contributed by atoms with E-state index >= 15 is 0 Å². The molecular formula is C25H37N7O9S2. The van der Waals surface area contributed by atoms with Gasteiger partial charge >= 0.3 is 5.97 Å². The smallest absolute Gasteiger partial charge is 0.339 e. The van der Waals surface area contributed by atoms with E-state index in [-0.39, 0.29) is 47.4 Å². The van der Waals surface area contributed by atoms with Crippen molar-refractivity contribution in [3.05, 3.63) is 54.1 Å². The molecule has 0 saturated heterocycles. The van der Waals surface area contributed by atoms with Crippen LogP contribution in [-0.4, -0.2) is 71.3 Å². The van der Waals surface area contributed by atoms with Gasteiger partial charge in [0.1, 0.15) is 10.6 Å². The third-order valence-corrected chi connectivity index (χ3v) is 7.99. The van der Waals surface area contributed by atoms with E-state index in [0.29, 0.717) is 22.7 Å². The second-order valence-electron chi connectivity index (χ2n) is 8.52. The van der Waals surface area contributed by atoms with Crippen molar-refractivity contribution in [1.29, 1.82) is 0 Å². The van der Waals surface area contributed by atoms with Gasteiger partial charge in [-0.3, -0.25) is 4.55 Å². The maximum absolute atomic E-state index is 11.4. The minimum absolute atomic E-state index is 0.00472. The van der Waals surface area contributed by atoms with Gasteiger partial charge in [0.15, 0.2) is 9.84 Å². The van der Waals surface area contributed by atoms with Gasteiger partial charge in [-0.05, 0) is 30.3 Å². The van der Waals surface area contributed by atoms with Gasteiger partial charge in [-0.15, -0.1) is 0 Å². The first kappa shape index (κ1) is 36.4. The molecule has 15 N–H and O–H groups in total. The van der Waals surface area contributed by atoms with E-state index in [1.54, 1.807) is 42.5 Å². The highest BCUT2D eigenvalue weighted by Crippen LogP contribution is 2.34. The Balaban J connectivity index is 0.000000332. The molecule has 3 rings (SSSR count). The summed E-state index contributed by atoms with van der Waals surface area (Å²) in [5, 5.41) is 11.6. The Labute approximate surface area is 249 Å². The third-order valence-electron chi connectivity index (χ3n) is 5.47. The zero-order chi connectivity index (χ0) is 33.0. The zero-order valence-corrected chi connectivity index (χ0v) is 25.1. The Bertz CT molecular complexity index is 1620. The number of carbonyl (C=O) groups is 1. The van der Waals surface area contributed by atoms with Crippen molar-refractivity contribution in [3.63, 3.8) is 0 Å². The highest BCUT2D eigenvalue weighted by molar-refractivity contribution is 7.91. The second kappa shape index (κ2) is 16.1. The fraction of sp³-hybridized carbons (Fsp3) is 0.240. The Hall–Kier alpha value is -4.65. The first-order valence-electron chi connectivity index (χ1n) is 12.1. The number of nitrogen functional groups attached to an aromatic ring is 6. The Kier molecular flexibility index (Phi) is 13.6. The number of para-hydroxylation sites is 1. The van der Waals surface area contributed by atoms with Crippen LogP contribution >= 0.6 is 0 Å². The highest BCUT2D eigenvalue weighted by Gasteiger charge is 2.19. The summed E-state index contributed by atoms with van der Waals surface area (Å²) in [6.07, 6.45) is 0. The fourth-order valence-electron chi connectivity index (χ4n) is 3.15. The molecule has 3 aromatic carbocycles. The number of esters is 1. The number of sulfone groups is 1. The molecular weight excluding hydrogens is 606 g/mol. The number of nitrogens with two attached hydrogens (primary N) is 6. The number of hydrogen-bond donors (Lipinski definition) is 9. The van der Waals surface area contributed by atoms with Gasteiger partial charge in [-0.25, -0.2) is 13.2 Å². The van der Waals surface area contributed by atoms with Crippen LogP contribution in [0.1, 0.15) is 10.4 Å². The Morgan fingerprint density at radius 1 is 0.814 bits per heavy atom. The minimum atomic E-state index is -4.44. The lowest BCUT2D eigenvalue weighted by molar-refractivity contribution is 0.0602. The molecule has 238 valence electrons. The molecule has 0 fully saturated rings. The van der Waals surface area contributed by atoms with Crippen LogP contribution in [0.15, 0.2) is 53.4 Å². The summed E-state index contributed by atoms with van der Waals surface area (Å²) in [7, 11) is -4.79. The Morgan fingerprint density at radius 2 is 1.44 bits per heavy atom. The summed E-state index contributed by atoms with van der Waals surface area (Å²) in [6, 6.07) is 12.9. The average Bonchev–Trinajstić information content (AvgIpc) is 2.94. The van der Waals surface area contributed by atoms with Crippen LogP contribution in [0.25, 0.3) is 0 Å². The molecule has 3 aromatic rings. The number of ether oxygens (including phenoxy) is 2. The molecule has 0 aliphatic carbocycles. The van der Waals surface area contributed by atoms with Crippen LogP contribution in [0.2, 0.25) is 0 Å². The number of aliphatic hydroxyl groups excluding tert-OH is 1. The normalized spacial score (nSPS) is 10.8. The molecule has 0 aliphatic rings. The summed E-state index contributed by atoms with van der Waals surface area (Å²) in [5.74, 6) is -0.0960. The summed E-state index contributed by atoms with van der Waals surface area (Å²) >= 11 is 0. The lowest BCUT2D eigenvalue weighted by Crippen LogP contribution is -2.20. The summed E-state index contributed by atoms with van der Waals surface area (Å²) < 4.78 is 62.6. The predicted octanol–water partition coefficient (Wildman–Crippen LogP) is 0.414. The molecule has 0 aliphatic heterocycles. The molecule has 18 heteroatoms. The van der Waals surface area contributed by atoms with E-state index in [2.05, 4.69) is 10.1 Å². The van der Waals surface area contributed by atoms with Crippen molar-refractivity contribution in [3.8, 4) is 5.75 Å². The predicted molar refractivity (Wildman–Crippen MR) is 168 cm³/mol. The van der Waals surface area contributed by atoms with E-state index in [1.807, 2.05) is 0 Å². The molecule has 0 aromatic heterocycles. The zero-order valence-electron chi connectivity index (χ0n) is 23.5. The molecule has 43 heavy (non-hydrogen) atoms. The number of aliphatic hydroxyl groups is 1. The summed E-state index contributed by atoms with van der Waals surface area (Å²) in [4.78, 5) is 10.4. The SMILES string of the molecule is COC(=O)c1ccccc1N.COc1cc(NCCS(=O)(=O)CCO)ccc1N.Nc1cc(S(=O)(=O)O)c(N)c(N)c1N.